The van der Waals surface area contributed by atoms with Crippen molar-refractivity contribution < 1.29 is 4.79 Å². The quantitative estimate of drug-likeness (QED) is 0.867. The molecule has 1 saturated heterocycles. The second-order valence-corrected chi connectivity index (χ2v) is 6.18. The zero-order chi connectivity index (χ0) is 17.1. The van der Waals surface area contributed by atoms with Crippen molar-refractivity contribution >= 4 is 11.6 Å². The average Bonchev–Trinajstić information content (AvgIpc) is 3.06. The molecule has 6 nitrogen and oxygen atoms in total. The number of aryl methyl sites for hydroxylation is 1. The second-order valence-electron chi connectivity index (χ2n) is 6.18. The summed E-state index contributed by atoms with van der Waals surface area (Å²) >= 11 is 0. The highest BCUT2D eigenvalue weighted by Crippen LogP contribution is 2.23. The first kappa shape index (κ1) is 16.1. The number of carbonyl (C=O) groups excluding carboxylic acids is 1. The molecule has 1 amide bonds. The largest absolute Gasteiger partial charge is 0.371 e. The van der Waals surface area contributed by atoms with Gasteiger partial charge in [-0.05, 0) is 37.1 Å². The molecule has 1 fully saturated rings. The van der Waals surface area contributed by atoms with Crippen LogP contribution in [-0.4, -0.2) is 46.5 Å². The molecule has 1 aliphatic heterocycles. The number of imidazole rings is 1. The summed E-state index contributed by atoms with van der Waals surface area (Å²) in [4.78, 5) is 20.7. The molecule has 0 N–H and O–H groups in total. The Balaban J connectivity index is 1.61. The third-order valence-electron chi connectivity index (χ3n) is 4.73. The maximum Gasteiger partial charge on any atom is 0.272 e. The molecule has 1 aliphatic rings. The predicted molar refractivity (Wildman–Crippen MR) is 91.7 cm³/mol. The van der Waals surface area contributed by atoms with Gasteiger partial charge < -0.3 is 14.4 Å². The average molecular weight is 323 g/mol. The van der Waals surface area contributed by atoms with Crippen LogP contribution in [0.2, 0.25) is 0 Å². The fourth-order valence-electron chi connectivity index (χ4n) is 3.17. The van der Waals surface area contributed by atoms with Crippen molar-refractivity contribution in [3.05, 3.63) is 48.0 Å². The van der Waals surface area contributed by atoms with Crippen molar-refractivity contribution in [1.29, 1.82) is 5.26 Å². The fourth-order valence-corrected chi connectivity index (χ4v) is 3.17. The van der Waals surface area contributed by atoms with Gasteiger partial charge in [0.15, 0.2) is 0 Å². The predicted octanol–water partition coefficient (Wildman–Crippen LogP) is 2.03. The Morgan fingerprint density at radius 1 is 1.29 bits per heavy atom. The molecule has 24 heavy (non-hydrogen) atoms. The fraction of sp³-hybridized carbons (Fsp3) is 0.389. The van der Waals surface area contributed by atoms with Crippen molar-refractivity contribution in [3.63, 3.8) is 0 Å². The molecule has 124 valence electrons. The number of aromatic nitrogens is 2. The Hall–Kier alpha value is -2.81. The van der Waals surface area contributed by atoms with Crippen LogP contribution in [0.4, 0.5) is 5.69 Å². The summed E-state index contributed by atoms with van der Waals surface area (Å²) in [6.07, 6.45) is 5.12. The topological polar surface area (TPSA) is 65.2 Å². The molecule has 0 bridgehead atoms. The standard InChI is InChI=1S/C18H21N5O/c1-21-13-20-12-17(21)18(24)22(2)15-7-9-23(10-8-15)16-5-3-14(11-19)4-6-16/h3-6,12-13,15H,7-10H2,1-2H3. The van der Waals surface area contributed by atoms with E-state index in [1.807, 2.05) is 43.3 Å². The molecule has 1 aromatic heterocycles. The molecule has 2 heterocycles. The van der Waals surface area contributed by atoms with E-state index in [-0.39, 0.29) is 11.9 Å². The van der Waals surface area contributed by atoms with Crippen LogP contribution >= 0.6 is 0 Å². The van der Waals surface area contributed by atoms with Gasteiger partial charge in [0.25, 0.3) is 5.91 Å². The summed E-state index contributed by atoms with van der Waals surface area (Å²) in [5.41, 5.74) is 2.43. The van der Waals surface area contributed by atoms with Crippen molar-refractivity contribution in [1.82, 2.24) is 14.5 Å². The van der Waals surface area contributed by atoms with E-state index in [1.165, 1.54) is 0 Å². The highest BCUT2D eigenvalue weighted by atomic mass is 16.2. The first-order valence-electron chi connectivity index (χ1n) is 8.08. The van der Waals surface area contributed by atoms with Crippen molar-refractivity contribution in [2.75, 3.05) is 25.0 Å². The van der Waals surface area contributed by atoms with Gasteiger partial charge in [-0.15, -0.1) is 0 Å². The SMILES string of the molecule is CN(C(=O)c1cncn1C)C1CCN(c2ccc(C#N)cc2)CC1. The number of nitriles is 1. The minimum atomic E-state index is 0.0202. The summed E-state index contributed by atoms with van der Waals surface area (Å²) in [5.74, 6) is 0.0202. The number of rotatable bonds is 3. The molecule has 0 spiro atoms. The lowest BCUT2D eigenvalue weighted by Crippen LogP contribution is -2.46. The van der Waals surface area contributed by atoms with Gasteiger partial charge in [-0.2, -0.15) is 5.26 Å². The van der Waals surface area contributed by atoms with Crippen LogP contribution in [-0.2, 0) is 7.05 Å². The Bertz CT molecular complexity index is 750. The van der Waals surface area contributed by atoms with Gasteiger partial charge in [-0.1, -0.05) is 0 Å². The lowest BCUT2D eigenvalue weighted by Gasteiger charge is -2.37. The van der Waals surface area contributed by atoms with E-state index in [1.54, 1.807) is 17.1 Å². The van der Waals surface area contributed by atoms with Crippen molar-refractivity contribution in [2.24, 2.45) is 7.05 Å². The minimum Gasteiger partial charge on any atom is -0.371 e. The van der Waals surface area contributed by atoms with Crippen LogP contribution in [0.15, 0.2) is 36.8 Å². The molecule has 3 rings (SSSR count). The lowest BCUT2D eigenvalue weighted by atomic mass is 10.0. The number of piperidine rings is 1. The highest BCUT2D eigenvalue weighted by molar-refractivity contribution is 5.92. The first-order chi connectivity index (χ1) is 11.6. The summed E-state index contributed by atoms with van der Waals surface area (Å²) in [6, 6.07) is 10.0. The van der Waals surface area contributed by atoms with Gasteiger partial charge in [0, 0.05) is 38.9 Å². The zero-order valence-electron chi connectivity index (χ0n) is 14.0. The first-order valence-corrected chi connectivity index (χ1v) is 8.08. The maximum absolute atomic E-state index is 12.6. The van der Waals surface area contributed by atoms with Crippen LogP contribution < -0.4 is 4.90 Å². The molecule has 0 atom stereocenters. The molecule has 1 aromatic carbocycles. The smallest absolute Gasteiger partial charge is 0.272 e. The van der Waals surface area contributed by atoms with E-state index in [9.17, 15) is 4.79 Å². The molecular weight excluding hydrogens is 302 g/mol. The zero-order valence-corrected chi connectivity index (χ0v) is 14.0. The third-order valence-corrected chi connectivity index (χ3v) is 4.73. The molecule has 6 heteroatoms. The molecule has 2 aromatic rings. The van der Waals surface area contributed by atoms with Gasteiger partial charge in [0.2, 0.25) is 0 Å². The van der Waals surface area contributed by atoms with E-state index in [2.05, 4.69) is 16.0 Å². The number of nitrogens with zero attached hydrogens (tertiary/aromatic N) is 5. The van der Waals surface area contributed by atoms with Gasteiger partial charge in [0.1, 0.15) is 5.69 Å². The van der Waals surface area contributed by atoms with E-state index in [0.717, 1.165) is 31.6 Å². The number of carbonyl (C=O) groups is 1. The Morgan fingerprint density at radius 2 is 1.96 bits per heavy atom. The Kier molecular flexibility index (Phi) is 4.52. The van der Waals surface area contributed by atoms with Crippen LogP contribution in [0.1, 0.15) is 28.9 Å². The van der Waals surface area contributed by atoms with Crippen molar-refractivity contribution in [3.8, 4) is 6.07 Å². The molecule has 0 radical (unpaired) electrons. The minimum absolute atomic E-state index is 0.0202. The van der Waals surface area contributed by atoms with Crippen LogP contribution in [0.25, 0.3) is 0 Å². The Labute approximate surface area is 141 Å². The second kappa shape index (κ2) is 6.75. The molecule has 0 saturated carbocycles. The summed E-state index contributed by atoms with van der Waals surface area (Å²) in [5, 5.41) is 8.88. The third kappa shape index (κ3) is 3.11. The van der Waals surface area contributed by atoms with Gasteiger partial charge >= 0.3 is 0 Å². The number of benzene rings is 1. The summed E-state index contributed by atoms with van der Waals surface area (Å²) in [6.45, 7) is 1.80. The monoisotopic (exact) mass is 323 g/mol. The lowest BCUT2D eigenvalue weighted by molar-refractivity contribution is 0.0699. The molecule has 0 aliphatic carbocycles. The molecular formula is C18H21N5O. The number of amides is 1. The van der Waals surface area contributed by atoms with E-state index in [4.69, 9.17) is 5.26 Å². The number of hydrogen-bond donors (Lipinski definition) is 0. The summed E-state index contributed by atoms with van der Waals surface area (Å²) < 4.78 is 1.75. The van der Waals surface area contributed by atoms with Crippen LogP contribution in [0.3, 0.4) is 0 Å². The van der Waals surface area contributed by atoms with Gasteiger partial charge in [-0.3, -0.25) is 4.79 Å². The Morgan fingerprint density at radius 3 is 2.50 bits per heavy atom. The van der Waals surface area contributed by atoms with Crippen LogP contribution in [0.5, 0.6) is 0 Å². The maximum atomic E-state index is 12.6. The van der Waals surface area contributed by atoms with Crippen LogP contribution in [0, 0.1) is 11.3 Å². The van der Waals surface area contributed by atoms with Gasteiger partial charge in [-0.25, -0.2) is 4.98 Å². The van der Waals surface area contributed by atoms with E-state index >= 15 is 0 Å². The van der Waals surface area contributed by atoms with Gasteiger partial charge in [0.05, 0.1) is 24.2 Å². The van der Waals surface area contributed by atoms with E-state index in [0.29, 0.717) is 11.3 Å². The highest BCUT2D eigenvalue weighted by Gasteiger charge is 2.27. The van der Waals surface area contributed by atoms with E-state index < -0.39 is 0 Å². The number of hydrogen-bond acceptors (Lipinski definition) is 4. The number of anilines is 1. The summed E-state index contributed by atoms with van der Waals surface area (Å²) in [7, 11) is 3.71. The normalized spacial score (nSPS) is 15.1. The molecule has 0 unspecified atom stereocenters. The van der Waals surface area contributed by atoms with Crippen molar-refractivity contribution in [2.45, 2.75) is 18.9 Å².